The smallest absolute Gasteiger partial charge is 0.216 e. The summed E-state index contributed by atoms with van der Waals surface area (Å²) in [6.45, 7) is 3.46. The van der Waals surface area contributed by atoms with Gasteiger partial charge in [-0.3, -0.25) is 0 Å². The molecule has 0 saturated heterocycles. The van der Waals surface area contributed by atoms with Crippen molar-refractivity contribution in [2.75, 3.05) is 6.54 Å². The number of hydrogen-bond donors (Lipinski definition) is 2. The molecule has 0 aromatic carbocycles. The Morgan fingerprint density at radius 2 is 2.25 bits per heavy atom. The van der Waals surface area contributed by atoms with Crippen molar-refractivity contribution >= 4 is 10.2 Å². The lowest BCUT2D eigenvalue weighted by molar-refractivity contribution is 0.587. The summed E-state index contributed by atoms with van der Waals surface area (Å²) in [5.41, 5.74) is 0. The number of nitrogens with two attached hydrogens (primary N) is 1. The first-order valence-electron chi connectivity index (χ1n) is 1.94. The van der Waals surface area contributed by atoms with E-state index in [-0.39, 0.29) is 6.54 Å². The highest BCUT2D eigenvalue weighted by molar-refractivity contribution is 7.87. The maximum atomic E-state index is 10.0. The third-order valence-electron chi connectivity index (χ3n) is 0.429. The van der Waals surface area contributed by atoms with E-state index in [4.69, 9.17) is 0 Å². The van der Waals surface area contributed by atoms with Crippen molar-refractivity contribution in [3.8, 4) is 0 Å². The molecule has 0 aromatic heterocycles. The van der Waals surface area contributed by atoms with Crippen molar-refractivity contribution < 1.29 is 8.42 Å². The standard InChI is InChI=1S/C3H8N2O2S/c1-2-3-5-8(4,6)7/h2,5H,1,3H2,(H2,4,6,7). The van der Waals surface area contributed by atoms with Crippen molar-refractivity contribution in [1.29, 1.82) is 0 Å². The Kier molecular flexibility index (Phi) is 2.67. The molecule has 3 N–H and O–H groups in total. The molecule has 0 atom stereocenters. The first kappa shape index (κ1) is 7.61. The van der Waals surface area contributed by atoms with Gasteiger partial charge in [-0.15, -0.1) is 6.58 Å². The summed E-state index contributed by atoms with van der Waals surface area (Å²) < 4.78 is 22.0. The predicted octanol–water partition coefficient (Wildman–Crippen LogP) is -1.03. The van der Waals surface area contributed by atoms with E-state index >= 15 is 0 Å². The zero-order chi connectivity index (χ0) is 6.62. The Morgan fingerprint density at radius 1 is 1.75 bits per heavy atom. The van der Waals surface area contributed by atoms with Crippen molar-refractivity contribution in [3.05, 3.63) is 12.7 Å². The fraction of sp³-hybridized carbons (Fsp3) is 0.333. The van der Waals surface area contributed by atoms with Crippen LogP contribution in [0, 0.1) is 0 Å². The van der Waals surface area contributed by atoms with E-state index in [0.717, 1.165) is 0 Å². The molecule has 0 bridgehead atoms. The lowest BCUT2D eigenvalue weighted by atomic mass is 10.7. The molecule has 0 heterocycles. The molecule has 0 aliphatic carbocycles. The van der Waals surface area contributed by atoms with Crippen molar-refractivity contribution in [1.82, 2.24) is 4.72 Å². The minimum Gasteiger partial charge on any atom is -0.216 e. The predicted molar refractivity (Wildman–Crippen MR) is 31.3 cm³/mol. The van der Waals surface area contributed by atoms with Gasteiger partial charge in [0, 0.05) is 6.54 Å². The molecule has 0 aliphatic rings. The topological polar surface area (TPSA) is 72.2 Å². The Balaban J connectivity index is 3.57. The molecule has 8 heavy (non-hydrogen) atoms. The summed E-state index contributed by atoms with van der Waals surface area (Å²) in [4.78, 5) is 0. The van der Waals surface area contributed by atoms with Crippen LogP contribution < -0.4 is 9.86 Å². The highest BCUT2D eigenvalue weighted by Crippen LogP contribution is 1.64. The molecule has 5 heteroatoms. The molecular weight excluding hydrogens is 128 g/mol. The zero-order valence-electron chi connectivity index (χ0n) is 4.29. The molecule has 0 amide bonds. The molecule has 0 spiro atoms. The van der Waals surface area contributed by atoms with Gasteiger partial charge in [-0.2, -0.15) is 13.1 Å². The van der Waals surface area contributed by atoms with E-state index in [1.165, 1.54) is 6.08 Å². The second-order valence-corrected chi connectivity index (χ2v) is 2.56. The summed E-state index contributed by atoms with van der Waals surface area (Å²) >= 11 is 0. The fourth-order valence-corrected chi connectivity index (χ4v) is 0.525. The minimum absolute atomic E-state index is 0.179. The minimum atomic E-state index is -3.51. The Bertz CT molecular complexity index is 160. The Hall–Kier alpha value is -0.390. The maximum absolute atomic E-state index is 10.0. The molecule has 0 fully saturated rings. The Morgan fingerprint density at radius 3 is 2.38 bits per heavy atom. The number of hydrogen-bond acceptors (Lipinski definition) is 2. The molecule has 0 radical (unpaired) electrons. The third-order valence-corrected chi connectivity index (χ3v) is 0.998. The van der Waals surface area contributed by atoms with Crippen molar-refractivity contribution in [2.24, 2.45) is 5.14 Å². The van der Waals surface area contributed by atoms with Crippen LogP contribution in [0.2, 0.25) is 0 Å². The second kappa shape index (κ2) is 2.81. The molecule has 48 valence electrons. The van der Waals surface area contributed by atoms with Crippen LogP contribution in [0.1, 0.15) is 0 Å². The van der Waals surface area contributed by atoms with E-state index < -0.39 is 10.2 Å². The first-order chi connectivity index (χ1) is 3.56. The number of rotatable bonds is 3. The summed E-state index contributed by atoms with van der Waals surface area (Å²) in [5.74, 6) is 0. The van der Waals surface area contributed by atoms with Gasteiger partial charge < -0.3 is 0 Å². The van der Waals surface area contributed by atoms with Gasteiger partial charge in [0.25, 0.3) is 10.2 Å². The normalized spacial score (nSPS) is 11.1. The van der Waals surface area contributed by atoms with Gasteiger partial charge in [0.05, 0.1) is 0 Å². The van der Waals surface area contributed by atoms with Gasteiger partial charge in [-0.25, -0.2) is 5.14 Å². The molecule has 0 unspecified atom stereocenters. The zero-order valence-corrected chi connectivity index (χ0v) is 5.11. The SMILES string of the molecule is C=CCNS(N)(=O)=O. The monoisotopic (exact) mass is 136 g/mol. The fourth-order valence-electron chi connectivity index (χ4n) is 0.175. The van der Waals surface area contributed by atoms with Gasteiger partial charge in [0.2, 0.25) is 0 Å². The average molecular weight is 136 g/mol. The van der Waals surface area contributed by atoms with Gasteiger partial charge in [-0.1, -0.05) is 6.08 Å². The summed E-state index contributed by atoms with van der Waals surface area (Å²) in [7, 11) is -3.51. The summed E-state index contributed by atoms with van der Waals surface area (Å²) in [6, 6.07) is 0. The lowest BCUT2D eigenvalue weighted by Gasteiger charge is -1.92. The van der Waals surface area contributed by atoms with Gasteiger partial charge in [0.1, 0.15) is 0 Å². The molecule has 4 nitrogen and oxygen atoms in total. The van der Waals surface area contributed by atoms with Crippen molar-refractivity contribution in [3.63, 3.8) is 0 Å². The van der Waals surface area contributed by atoms with Crippen LogP contribution in [0.4, 0.5) is 0 Å². The van der Waals surface area contributed by atoms with Crippen molar-refractivity contribution in [2.45, 2.75) is 0 Å². The molecule has 0 aromatic rings. The van der Waals surface area contributed by atoms with E-state index in [1.54, 1.807) is 0 Å². The van der Waals surface area contributed by atoms with Crippen LogP contribution in [0.3, 0.4) is 0 Å². The highest BCUT2D eigenvalue weighted by atomic mass is 32.2. The van der Waals surface area contributed by atoms with Crippen LogP contribution >= 0.6 is 0 Å². The summed E-state index contributed by atoms with van der Waals surface area (Å²) in [5, 5.41) is 4.53. The molecule has 0 aliphatic heterocycles. The molecule has 0 saturated carbocycles. The summed E-state index contributed by atoms with van der Waals surface area (Å²) in [6.07, 6.45) is 1.41. The van der Waals surface area contributed by atoms with Crippen LogP contribution in [0.25, 0.3) is 0 Å². The van der Waals surface area contributed by atoms with Crippen LogP contribution in [-0.2, 0) is 10.2 Å². The molecule has 0 rings (SSSR count). The lowest BCUT2D eigenvalue weighted by Crippen LogP contribution is -2.30. The van der Waals surface area contributed by atoms with Gasteiger partial charge >= 0.3 is 0 Å². The van der Waals surface area contributed by atoms with E-state index in [1.807, 2.05) is 4.72 Å². The second-order valence-electron chi connectivity index (χ2n) is 1.18. The highest BCUT2D eigenvalue weighted by Gasteiger charge is 1.94. The van der Waals surface area contributed by atoms with Gasteiger partial charge in [0.15, 0.2) is 0 Å². The van der Waals surface area contributed by atoms with E-state index in [9.17, 15) is 8.42 Å². The quantitative estimate of drug-likeness (QED) is 0.487. The van der Waals surface area contributed by atoms with Crippen LogP contribution in [-0.4, -0.2) is 15.0 Å². The first-order valence-corrected chi connectivity index (χ1v) is 3.49. The largest absolute Gasteiger partial charge is 0.274 e. The Labute approximate surface area is 48.6 Å². The third kappa shape index (κ3) is 5.61. The van der Waals surface area contributed by atoms with Crippen LogP contribution in [0.5, 0.6) is 0 Å². The average Bonchev–Trinajstić information content (AvgIpc) is 1.59. The number of nitrogens with one attached hydrogen (secondary N) is 1. The maximum Gasteiger partial charge on any atom is 0.274 e. The molecular formula is C3H8N2O2S. The van der Waals surface area contributed by atoms with Gasteiger partial charge in [-0.05, 0) is 0 Å². The van der Waals surface area contributed by atoms with Crippen LogP contribution in [0.15, 0.2) is 12.7 Å². The van der Waals surface area contributed by atoms with E-state index in [2.05, 4.69) is 11.7 Å². The van der Waals surface area contributed by atoms with E-state index in [0.29, 0.717) is 0 Å².